The number of aromatic nitrogens is 3. The topological polar surface area (TPSA) is 64.2 Å². The first-order valence-electron chi connectivity index (χ1n) is 8.87. The van der Waals surface area contributed by atoms with Crippen LogP contribution in [-0.4, -0.2) is 32.1 Å². The summed E-state index contributed by atoms with van der Waals surface area (Å²) in [5.41, 5.74) is 0.892. The molecule has 3 heterocycles. The monoisotopic (exact) mass is 328 g/mol. The SMILES string of the molecule is Cc1cc(C)c(C(=O)N2CCn3c(C4CCCC4)nnc3C2C)o1. The molecule has 1 aliphatic heterocycles. The third kappa shape index (κ3) is 2.36. The van der Waals surface area contributed by atoms with Gasteiger partial charge in [0.2, 0.25) is 0 Å². The van der Waals surface area contributed by atoms with Gasteiger partial charge < -0.3 is 13.9 Å². The Balaban J connectivity index is 1.61. The second kappa shape index (κ2) is 5.76. The number of carbonyl (C=O) groups excluding carboxylic acids is 1. The fourth-order valence-corrected chi connectivity index (χ4v) is 4.15. The number of furan rings is 1. The van der Waals surface area contributed by atoms with Gasteiger partial charge in [0.15, 0.2) is 11.6 Å². The van der Waals surface area contributed by atoms with Crippen molar-refractivity contribution in [2.24, 2.45) is 0 Å². The highest BCUT2D eigenvalue weighted by molar-refractivity contribution is 5.93. The van der Waals surface area contributed by atoms with Crippen molar-refractivity contribution in [2.45, 2.75) is 65.0 Å². The molecule has 0 spiro atoms. The molecule has 128 valence electrons. The Bertz CT molecular complexity index is 770. The van der Waals surface area contributed by atoms with E-state index >= 15 is 0 Å². The van der Waals surface area contributed by atoms with Gasteiger partial charge in [-0.15, -0.1) is 10.2 Å². The average Bonchev–Trinajstić information content (AvgIpc) is 3.26. The highest BCUT2D eigenvalue weighted by Gasteiger charge is 2.35. The van der Waals surface area contributed by atoms with Gasteiger partial charge in [0.25, 0.3) is 5.91 Å². The van der Waals surface area contributed by atoms with E-state index in [4.69, 9.17) is 4.42 Å². The first-order valence-corrected chi connectivity index (χ1v) is 8.87. The van der Waals surface area contributed by atoms with Gasteiger partial charge >= 0.3 is 0 Å². The van der Waals surface area contributed by atoms with Crippen LogP contribution in [0.5, 0.6) is 0 Å². The van der Waals surface area contributed by atoms with Crippen molar-refractivity contribution in [3.8, 4) is 0 Å². The number of fused-ring (bicyclic) bond motifs is 1. The number of rotatable bonds is 2. The maximum absolute atomic E-state index is 12.9. The molecule has 1 amide bonds. The minimum Gasteiger partial charge on any atom is -0.456 e. The van der Waals surface area contributed by atoms with E-state index in [1.165, 1.54) is 25.7 Å². The molecule has 0 aromatic carbocycles. The third-order valence-corrected chi connectivity index (χ3v) is 5.43. The predicted octanol–water partition coefficient (Wildman–Crippen LogP) is 3.36. The zero-order valence-corrected chi connectivity index (χ0v) is 14.6. The van der Waals surface area contributed by atoms with Crippen molar-refractivity contribution in [3.63, 3.8) is 0 Å². The Morgan fingerprint density at radius 3 is 2.54 bits per heavy atom. The molecule has 2 aliphatic rings. The Labute approximate surface area is 141 Å². The van der Waals surface area contributed by atoms with Crippen molar-refractivity contribution < 1.29 is 9.21 Å². The molecule has 1 aliphatic carbocycles. The molecule has 24 heavy (non-hydrogen) atoms. The second-order valence-electron chi connectivity index (χ2n) is 7.09. The van der Waals surface area contributed by atoms with E-state index in [0.29, 0.717) is 18.2 Å². The van der Waals surface area contributed by atoms with Crippen molar-refractivity contribution in [2.75, 3.05) is 6.54 Å². The minimum atomic E-state index is -0.0845. The van der Waals surface area contributed by atoms with Crippen LogP contribution in [0, 0.1) is 13.8 Å². The van der Waals surface area contributed by atoms with Crippen molar-refractivity contribution in [1.82, 2.24) is 19.7 Å². The van der Waals surface area contributed by atoms with Crippen molar-refractivity contribution >= 4 is 5.91 Å². The molecular formula is C18H24N4O2. The van der Waals surface area contributed by atoms with Gasteiger partial charge in [-0.1, -0.05) is 12.8 Å². The van der Waals surface area contributed by atoms with Gasteiger partial charge in [0.05, 0.1) is 6.04 Å². The largest absolute Gasteiger partial charge is 0.456 e. The normalized spacial score (nSPS) is 21.3. The molecule has 4 rings (SSSR count). The maximum atomic E-state index is 12.9. The highest BCUT2D eigenvalue weighted by Crippen LogP contribution is 2.36. The Morgan fingerprint density at radius 1 is 1.17 bits per heavy atom. The number of nitrogens with zero attached hydrogens (tertiary/aromatic N) is 4. The number of hydrogen-bond acceptors (Lipinski definition) is 4. The predicted molar refractivity (Wildman–Crippen MR) is 88.9 cm³/mol. The van der Waals surface area contributed by atoms with Crippen LogP contribution >= 0.6 is 0 Å². The Kier molecular flexibility index (Phi) is 3.70. The van der Waals surface area contributed by atoms with Crippen LogP contribution in [0.15, 0.2) is 10.5 Å². The maximum Gasteiger partial charge on any atom is 0.290 e. The molecule has 2 aromatic rings. The van der Waals surface area contributed by atoms with Crippen molar-refractivity contribution in [3.05, 3.63) is 34.8 Å². The van der Waals surface area contributed by atoms with E-state index < -0.39 is 0 Å². The first-order chi connectivity index (χ1) is 11.6. The Morgan fingerprint density at radius 2 is 1.88 bits per heavy atom. The average molecular weight is 328 g/mol. The van der Waals surface area contributed by atoms with Crippen LogP contribution in [0.4, 0.5) is 0 Å². The Hall–Kier alpha value is -2.11. The lowest BCUT2D eigenvalue weighted by Crippen LogP contribution is -2.41. The number of hydrogen-bond donors (Lipinski definition) is 0. The standard InChI is InChI=1S/C18H24N4O2/c1-11-10-12(2)24-15(11)18(23)21-8-9-22-16(13(21)3)19-20-17(22)14-6-4-5-7-14/h10,13-14H,4-9H2,1-3H3. The van der Waals surface area contributed by atoms with Crippen LogP contribution < -0.4 is 0 Å². The second-order valence-corrected chi connectivity index (χ2v) is 7.09. The van der Waals surface area contributed by atoms with E-state index in [2.05, 4.69) is 14.8 Å². The minimum absolute atomic E-state index is 0.0511. The van der Waals surface area contributed by atoms with Crippen molar-refractivity contribution in [1.29, 1.82) is 0 Å². The lowest BCUT2D eigenvalue weighted by atomic mass is 10.1. The van der Waals surface area contributed by atoms with Gasteiger partial charge in [-0.3, -0.25) is 4.79 Å². The number of amides is 1. The number of carbonyl (C=O) groups is 1. The van der Waals surface area contributed by atoms with Crippen LogP contribution in [0.1, 0.15) is 78.1 Å². The fourth-order valence-electron chi connectivity index (χ4n) is 4.15. The van der Waals surface area contributed by atoms with Gasteiger partial charge in [0, 0.05) is 24.6 Å². The van der Waals surface area contributed by atoms with Gasteiger partial charge in [-0.25, -0.2) is 0 Å². The van der Waals surface area contributed by atoms with E-state index in [9.17, 15) is 4.79 Å². The summed E-state index contributed by atoms with van der Waals surface area (Å²) in [4.78, 5) is 14.7. The summed E-state index contributed by atoms with van der Waals surface area (Å²) < 4.78 is 7.86. The lowest BCUT2D eigenvalue weighted by molar-refractivity contribution is 0.0600. The molecule has 1 fully saturated rings. The molecule has 6 heteroatoms. The fraction of sp³-hybridized carbons (Fsp3) is 0.611. The zero-order valence-electron chi connectivity index (χ0n) is 14.6. The molecule has 0 bridgehead atoms. The zero-order chi connectivity index (χ0) is 16.8. The summed E-state index contributed by atoms with van der Waals surface area (Å²) in [6.45, 7) is 7.25. The first kappa shape index (κ1) is 15.4. The summed E-state index contributed by atoms with van der Waals surface area (Å²) in [5, 5.41) is 8.89. The van der Waals surface area contributed by atoms with E-state index in [-0.39, 0.29) is 11.9 Å². The summed E-state index contributed by atoms with van der Waals surface area (Å²) in [6, 6.07) is 1.82. The summed E-state index contributed by atoms with van der Waals surface area (Å²) in [6.07, 6.45) is 4.98. The molecular weight excluding hydrogens is 304 g/mol. The highest BCUT2D eigenvalue weighted by atomic mass is 16.4. The molecule has 0 radical (unpaired) electrons. The van der Waals surface area contributed by atoms with E-state index in [1.807, 2.05) is 31.7 Å². The molecule has 0 N–H and O–H groups in total. The van der Waals surface area contributed by atoms with E-state index in [0.717, 1.165) is 29.5 Å². The number of aryl methyl sites for hydroxylation is 2. The van der Waals surface area contributed by atoms with Gasteiger partial charge in [-0.05, 0) is 39.7 Å². The van der Waals surface area contributed by atoms with Crippen LogP contribution in [0.25, 0.3) is 0 Å². The third-order valence-electron chi connectivity index (χ3n) is 5.43. The quantitative estimate of drug-likeness (QED) is 0.848. The summed E-state index contributed by atoms with van der Waals surface area (Å²) in [5.74, 6) is 3.72. The summed E-state index contributed by atoms with van der Waals surface area (Å²) in [7, 11) is 0. The molecule has 1 saturated carbocycles. The van der Waals surface area contributed by atoms with Crippen LogP contribution in [0.3, 0.4) is 0 Å². The van der Waals surface area contributed by atoms with Gasteiger partial charge in [-0.2, -0.15) is 0 Å². The molecule has 0 saturated heterocycles. The van der Waals surface area contributed by atoms with Crippen LogP contribution in [0.2, 0.25) is 0 Å². The molecule has 6 nitrogen and oxygen atoms in total. The summed E-state index contributed by atoms with van der Waals surface area (Å²) >= 11 is 0. The van der Waals surface area contributed by atoms with Gasteiger partial charge in [0.1, 0.15) is 11.6 Å². The molecule has 2 aromatic heterocycles. The van der Waals surface area contributed by atoms with Crippen LogP contribution in [-0.2, 0) is 6.54 Å². The lowest BCUT2D eigenvalue weighted by Gasteiger charge is -2.33. The molecule has 1 atom stereocenters. The van der Waals surface area contributed by atoms with E-state index in [1.54, 1.807) is 0 Å². The smallest absolute Gasteiger partial charge is 0.290 e. The molecule has 1 unspecified atom stereocenters.